The molecule has 1 aromatic carbocycles. The Morgan fingerprint density at radius 1 is 1.22 bits per heavy atom. The minimum atomic E-state index is 0.756. The maximum Gasteiger partial charge on any atom is 0.119 e. The largest absolute Gasteiger partial charge is 0.494 e. The summed E-state index contributed by atoms with van der Waals surface area (Å²) in [5.41, 5.74) is 0. The maximum absolute atomic E-state index is 5.74. The summed E-state index contributed by atoms with van der Waals surface area (Å²) in [5.74, 6) is 0.985. The minimum absolute atomic E-state index is 0.756. The van der Waals surface area contributed by atoms with Gasteiger partial charge in [0.2, 0.25) is 0 Å². The topological polar surface area (TPSA) is 12.5 Å². The van der Waals surface area contributed by atoms with Gasteiger partial charge in [0, 0.05) is 18.6 Å². The van der Waals surface area contributed by atoms with Crippen molar-refractivity contribution in [3.8, 4) is 5.75 Å². The van der Waals surface area contributed by atoms with Crippen LogP contribution in [0.4, 0.5) is 0 Å². The monoisotopic (exact) mass is 247 g/mol. The molecule has 2 atom stereocenters. The fraction of sp³-hybridized carbons (Fsp3) is 0.625. The van der Waals surface area contributed by atoms with Gasteiger partial charge in [-0.2, -0.15) is 0 Å². The van der Waals surface area contributed by atoms with E-state index >= 15 is 0 Å². The van der Waals surface area contributed by atoms with Gasteiger partial charge in [-0.25, -0.2) is 0 Å². The molecule has 0 spiro atoms. The fourth-order valence-electron chi connectivity index (χ4n) is 2.92. The van der Waals surface area contributed by atoms with Gasteiger partial charge in [-0.1, -0.05) is 25.1 Å². The summed E-state index contributed by atoms with van der Waals surface area (Å²) in [6.45, 7) is 6.65. The molecule has 2 nitrogen and oxygen atoms in total. The number of rotatable bonds is 6. The molecule has 2 heteroatoms. The average Bonchev–Trinajstić information content (AvgIpc) is 2.77. The minimum Gasteiger partial charge on any atom is -0.494 e. The summed E-state index contributed by atoms with van der Waals surface area (Å²) in [7, 11) is 0. The summed E-state index contributed by atoms with van der Waals surface area (Å²) >= 11 is 0. The molecule has 0 aromatic heterocycles. The molecule has 100 valence electrons. The highest BCUT2D eigenvalue weighted by molar-refractivity contribution is 5.20. The number of nitrogens with zero attached hydrogens (tertiary/aromatic N) is 1. The van der Waals surface area contributed by atoms with Gasteiger partial charge < -0.3 is 4.74 Å². The standard InChI is InChI=1S/C16H25NO/c1-3-15-11-10-14(2)17(15)12-7-13-18-16-8-5-4-6-9-16/h4-6,8-9,14-15H,3,7,10-13H2,1-2H3. The molecule has 1 aromatic rings. The summed E-state index contributed by atoms with van der Waals surface area (Å²) in [4.78, 5) is 2.66. The lowest BCUT2D eigenvalue weighted by molar-refractivity contribution is 0.179. The van der Waals surface area contributed by atoms with E-state index in [2.05, 4.69) is 18.7 Å². The first kappa shape index (κ1) is 13.4. The van der Waals surface area contributed by atoms with Crippen molar-refractivity contribution in [2.24, 2.45) is 0 Å². The van der Waals surface area contributed by atoms with Crippen molar-refractivity contribution in [2.45, 2.75) is 51.6 Å². The second-order valence-corrected chi connectivity index (χ2v) is 5.24. The molecular weight excluding hydrogens is 222 g/mol. The normalized spacial score (nSPS) is 24.3. The van der Waals surface area contributed by atoms with Gasteiger partial charge >= 0.3 is 0 Å². The molecule has 2 unspecified atom stereocenters. The van der Waals surface area contributed by atoms with Crippen LogP contribution in [-0.2, 0) is 0 Å². The Morgan fingerprint density at radius 2 is 2.00 bits per heavy atom. The van der Waals surface area contributed by atoms with E-state index in [4.69, 9.17) is 4.74 Å². The van der Waals surface area contributed by atoms with E-state index < -0.39 is 0 Å². The highest BCUT2D eigenvalue weighted by Gasteiger charge is 2.28. The first-order valence-electron chi connectivity index (χ1n) is 7.25. The molecule has 1 heterocycles. The van der Waals surface area contributed by atoms with Crippen LogP contribution < -0.4 is 4.74 Å². The van der Waals surface area contributed by atoms with Crippen LogP contribution in [0.25, 0.3) is 0 Å². The van der Waals surface area contributed by atoms with Gasteiger partial charge in [-0.05, 0) is 44.7 Å². The zero-order valence-corrected chi connectivity index (χ0v) is 11.6. The number of likely N-dealkylation sites (tertiary alicyclic amines) is 1. The Bertz CT molecular complexity index is 338. The van der Waals surface area contributed by atoms with Crippen LogP contribution >= 0.6 is 0 Å². The number of benzene rings is 1. The van der Waals surface area contributed by atoms with Crippen molar-refractivity contribution in [3.05, 3.63) is 30.3 Å². The predicted octanol–water partition coefficient (Wildman–Crippen LogP) is 3.72. The Kier molecular flexibility index (Phi) is 5.06. The van der Waals surface area contributed by atoms with E-state index in [1.807, 2.05) is 30.3 Å². The molecule has 0 amide bonds. The molecule has 1 aliphatic heterocycles. The molecule has 0 aliphatic carbocycles. The summed E-state index contributed by atoms with van der Waals surface area (Å²) in [6.07, 6.45) is 5.13. The van der Waals surface area contributed by atoms with Crippen LogP contribution in [0.1, 0.15) is 39.5 Å². The van der Waals surface area contributed by atoms with E-state index in [1.165, 1.54) is 25.8 Å². The second-order valence-electron chi connectivity index (χ2n) is 5.24. The van der Waals surface area contributed by atoms with E-state index in [-0.39, 0.29) is 0 Å². The molecule has 1 fully saturated rings. The third-order valence-corrected chi connectivity index (χ3v) is 4.00. The van der Waals surface area contributed by atoms with Crippen LogP contribution in [0, 0.1) is 0 Å². The van der Waals surface area contributed by atoms with Crippen LogP contribution in [0.3, 0.4) is 0 Å². The number of hydrogen-bond donors (Lipinski definition) is 0. The first-order chi connectivity index (χ1) is 8.81. The zero-order valence-electron chi connectivity index (χ0n) is 11.6. The smallest absolute Gasteiger partial charge is 0.119 e. The van der Waals surface area contributed by atoms with Gasteiger partial charge in [-0.15, -0.1) is 0 Å². The van der Waals surface area contributed by atoms with Crippen molar-refractivity contribution in [2.75, 3.05) is 13.2 Å². The highest BCUT2D eigenvalue weighted by Crippen LogP contribution is 2.25. The van der Waals surface area contributed by atoms with Crippen LogP contribution in [0.5, 0.6) is 5.75 Å². The van der Waals surface area contributed by atoms with Gasteiger partial charge in [0.1, 0.15) is 5.75 Å². The fourth-order valence-corrected chi connectivity index (χ4v) is 2.92. The van der Waals surface area contributed by atoms with E-state index in [1.54, 1.807) is 0 Å². The summed E-state index contributed by atoms with van der Waals surface area (Å²) in [6, 6.07) is 11.7. The molecule has 0 N–H and O–H groups in total. The highest BCUT2D eigenvalue weighted by atomic mass is 16.5. The van der Waals surface area contributed by atoms with E-state index in [0.29, 0.717) is 0 Å². The van der Waals surface area contributed by atoms with Gasteiger partial charge in [-0.3, -0.25) is 4.90 Å². The Hall–Kier alpha value is -1.02. The Morgan fingerprint density at radius 3 is 2.72 bits per heavy atom. The Balaban J connectivity index is 1.69. The maximum atomic E-state index is 5.74. The lowest BCUT2D eigenvalue weighted by Crippen LogP contribution is -2.35. The van der Waals surface area contributed by atoms with Gasteiger partial charge in [0.15, 0.2) is 0 Å². The van der Waals surface area contributed by atoms with Crippen molar-refractivity contribution in [1.29, 1.82) is 0 Å². The molecule has 1 aliphatic rings. The van der Waals surface area contributed by atoms with Crippen molar-refractivity contribution in [1.82, 2.24) is 4.90 Å². The molecular formula is C16H25NO. The number of para-hydroxylation sites is 1. The van der Waals surface area contributed by atoms with Crippen molar-refractivity contribution in [3.63, 3.8) is 0 Å². The Labute approximate surface area is 111 Å². The third-order valence-electron chi connectivity index (χ3n) is 4.00. The van der Waals surface area contributed by atoms with Crippen LogP contribution in [0.15, 0.2) is 30.3 Å². The molecule has 0 bridgehead atoms. The van der Waals surface area contributed by atoms with Crippen molar-refractivity contribution < 1.29 is 4.74 Å². The molecule has 2 rings (SSSR count). The predicted molar refractivity (Wildman–Crippen MR) is 76.0 cm³/mol. The number of hydrogen-bond acceptors (Lipinski definition) is 2. The van der Waals surface area contributed by atoms with E-state index in [0.717, 1.165) is 30.9 Å². The van der Waals surface area contributed by atoms with Crippen molar-refractivity contribution >= 4 is 0 Å². The zero-order chi connectivity index (χ0) is 12.8. The van der Waals surface area contributed by atoms with Crippen LogP contribution in [0.2, 0.25) is 0 Å². The van der Waals surface area contributed by atoms with Gasteiger partial charge in [0.05, 0.1) is 6.61 Å². The first-order valence-corrected chi connectivity index (χ1v) is 7.25. The lowest BCUT2D eigenvalue weighted by Gasteiger charge is -2.27. The molecule has 1 saturated heterocycles. The van der Waals surface area contributed by atoms with E-state index in [9.17, 15) is 0 Å². The quantitative estimate of drug-likeness (QED) is 0.710. The van der Waals surface area contributed by atoms with Crippen LogP contribution in [-0.4, -0.2) is 30.1 Å². The molecule has 18 heavy (non-hydrogen) atoms. The second kappa shape index (κ2) is 6.79. The average molecular weight is 247 g/mol. The molecule has 0 radical (unpaired) electrons. The lowest BCUT2D eigenvalue weighted by atomic mass is 10.1. The number of ether oxygens (including phenoxy) is 1. The summed E-state index contributed by atoms with van der Waals surface area (Å²) < 4.78 is 5.74. The summed E-state index contributed by atoms with van der Waals surface area (Å²) in [5, 5.41) is 0. The molecule has 0 saturated carbocycles. The third kappa shape index (κ3) is 3.49. The SMILES string of the molecule is CCC1CCC(C)N1CCCOc1ccccc1. The van der Waals surface area contributed by atoms with Gasteiger partial charge in [0.25, 0.3) is 0 Å².